The van der Waals surface area contributed by atoms with E-state index in [9.17, 15) is 20.9 Å². The zero-order valence-electron chi connectivity index (χ0n) is 45.4. The molecule has 0 amide bonds. The van der Waals surface area contributed by atoms with E-state index in [1.165, 1.54) is 0 Å². The summed E-state index contributed by atoms with van der Waals surface area (Å²) in [5.41, 5.74) is 8.60. The smallest absolute Gasteiger partial charge is 0.183 e. The predicted octanol–water partition coefficient (Wildman–Crippen LogP) is 9.70. The summed E-state index contributed by atoms with van der Waals surface area (Å²) in [5, 5.41) is 43.5. The minimum absolute atomic E-state index is 0.0157. The Kier molecular flexibility index (Phi) is 15.8. The Labute approximate surface area is 462 Å². The number of H-pyrrole nitrogens is 3. The third-order valence-electron chi connectivity index (χ3n) is 15.7. The molecule has 0 saturated carbocycles. The van der Waals surface area contributed by atoms with E-state index in [0.717, 1.165) is 167 Å². The number of pyridine rings is 6. The molecule has 1 unspecified atom stereocenters. The van der Waals surface area contributed by atoms with Crippen molar-refractivity contribution in [3.05, 3.63) is 114 Å². The molecule has 3 saturated heterocycles. The maximum absolute atomic E-state index is 9.73. The number of likely N-dealkylation sites (N-methyl/N-ethyl adjacent to an activating group) is 1. The summed E-state index contributed by atoms with van der Waals surface area (Å²) in [6.45, 7) is 16.8. The van der Waals surface area contributed by atoms with Crippen LogP contribution in [-0.4, -0.2) is 141 Å². The molecular weight excluding hydrogens is 1010 g/mol. The lowest BCUT2D eigenvalue weighted by Crippen LogP contribution is -2.41. The summed E-state index contributed by atoms with van der Waals surface area (Å²) in [4.78, 5) is 43.2. The highest BCUT2D eigenvalue weighted by Gasteiger charge is 2.28. The minimum Gasteiger partial charge on any atom is -0.487 e. The number of piperidine rings is 2. The summed E-state index contributed by atoms with van der Waals surface area (Å²) in [7, 11) is 0. The van der Waals surface area contributed by atoms with Gasteiger partial charge >= 0.3 is 0 Å². The summed E-state index contributed by atoms with van der Waals surface area (Å²) < 4.78 is 19.0. The molecule has 4 N–H and O–H groups in total. The molecule has 13 rings (SSSR count). The first-order valence-corrected chi connectivity index (χ1v) is 27.6. The zero-order chi connectivity index (χ0) is 55.3. The molecule has 10 aromatic rings. The van der Waals surface area contributed by atoms with E-state index in [0.29, 0.717) is 40.4 Å². The van der Waals surface area contributed by atoms with Crippen molar-refractivity contribution in [3.63, 3.8) is 0 Å². The number of aromatic amines is 3. The first-order chi connectivity index (χ1) is 39.2. The van der Waals surface area contributed by atoms with E-state index in [1.54, 1.807) is 31.0 Å². The van der Waals surface area contributed by atoms with Crippen molar-refractivity contribution in [2.75, 3.05) is 52.4 Å². The molecule has 3 aliphatic heterocycles. The van der Waals surface area contributed by atoms with Crippen LogP contribution in [0.1, 0.15) is 82.4 Å². The third kappa shape index (κ3) is 10.9. The summed E-state index contributed by atoms with van der Waals surface area (Å²) in [5.74, 6) is 1.70. The Bertz CT molecular complexity index is 3970. The monoisotopic (exact) mass is 1070 g/mol. The van der Waals surface area contributed by atoms with Gasteiger partial charge in [-0.1, -0.05) is 38.1 Å². The summed E-state index contributed by atoms with van der Waals surface area (Å²) in [6.07, 6.45) is 15.4. The number of nitrogens with zero attached hydrogens (tertiary/aromatic N) is 12. The van der Waals surface area contributed by atoms with Crippen LogP contribution >= 0.6 is 0 Å². The Morgan fingerprint density at radius 1 is 0.550 bits per heavy atom. The van der Waals surface area contributed by atoms with E-state index >= 15 is 0 Å². The quantitative estimate of drug-likeness (QED) is 0.0940. The molecule has 19 nitrogen and oxygen atoms in total. The van der Waals surface area contributed by atoms with Crippen LogP contribution in [0.3, 0.4) is 0 Å². The van der Waals surface area contributed by atoms with Crippen molar-refractivity contribution in [1.82, 2.24) is 59.6 Å². The predicted molar refractivity (Wildman–Crippen MR) is 307 cm³/mol. The molecule has 9 aromatic heterocycles. The van der Waals surface area contributed by atoms with Crippen LogP contribution in [0.5, 0.6) is 17.2 Å². The van der Waals surface area contributed by atoms with Gasteiger partial charge in [-0.25, -0.2) is 29.9 Å². The number of hydrogen-bond donors (Lipinski definition) is 4. The van der Waals surface area contributed by atoms with Gasteiger partial charge in [-0.15, -0.1) is 0 Å². The number of aliphatic hydroxyl groups excluding tert-OH is 1. The minimum atomic E-state index is 0.0157. The van der Waals surface area contributed by atoms with Crippen molar-refractivity contribution in [2.24, 2.45) is 0 Å². The second-order valence-corrected chi connectivity index (χ2v) is 20.8. The number of hydrogen-bond acceptors (Lipinski definition) is 16. The number of benzene rings is 1. The molecule has 0 spiro atoms. The van der Waals surface area contributed by atoms with Crippen LogP contribution in [0.15, 0.2) is 91.8 Å². The van der Waals surface area contributed by atoms with Crippen molar-refractivity contribution >= 4 is 65.8 Å². The Morgan fingerprint density at radius 3 is 1.46 bits per heavy atom. The molecule has 1 aromatic carbocycles. The fourth-order valence-corrected chi connectivity index (χ4v) is 11.2. The zero-order valence-corrected chi connectivity index (χ0v) is 45.4. The van der Waals surface area contributed by atoms with Gasteiger partial charge in [0.1, 0.15) is 53.5 Å². The van der Waals surface area contributed by atoms with Crippen LogP contribution in [0.25, 0.3) is 76.9 Å². The first kappa shape index (κ1) is 53.2. The van der Waals surface area contributed by atoms with Crippen LogP contribution in [-0.2, 0) is 6.61 Å². The van der Waals surface area contributed by atoms with Gasteiger partial charge < -0.3 is 44.1 Å². The molecule has 80 heavy (non-hydrogen) atoms. The van der Waals surface area contributed by atoms with Gasteiger partial charge in [-0.05, 0) is 100 Å². The van der Waals surface area contributed by atoms with Crippen molar-refractivity contribution in [2.45, 2.75) is 90.8 Å². The molecule has 3 aliphatic rings. The fraction of sp³-hybridized carbons (Fsp3) is 0.361. The van der Waals surface area contributed by atoms with Crippen LogP contribution in [0, 0.1) is 34.0 Å². The maximum atomic E-state index is 9.73. The Hall–Kier alpha value is -8.77. The van der Waals surface area contributed by atoms with E-state index in [1.807, 2.05) is 54.7 Å². The highest BCUT2D eigenvalue weighted by Crippen LogP contribution is 2.39. The van der Waals surface area contributed by atoms with Crippen LogP contribution < -0.4 is 14.2 Å². The summed E-state index contributed by atoms with van der Waals surface area (Å²) >= 11 is 0. The molecule has 12 heterocycles. The molecule has 0 aliphatic carbocycles. The first-order valence-electron chi connectivity index (χ1n) is 27.6. The highest BCUT2D eigenvalue weighted by atomic mass is 16.5. The normalized spacial score (nSPS) is 16.6. The van der Waals surface area contributed by atoms with Gasteiger partial charge in [0.25, 0.3) is 0 Å². The number of likely N-dealkylation sites (tertiary alicyclic amines) is 3. The van der Waals surface area contributed by atoms with Crippen molar-refractivity contribution < 1.29 is 19.3 Å². The lowest BCUT2D eigenvalue weighted by molar-refractivity contribution is 0.0849. The van der Waals surface area contributed by atoms with Gasteiger partial charge in [0.15, 0.2) is 34.3 Å². The standard InChI is InChI=1S/C25H25N5O2.C19H21N5O.C17H17N5O/c1-2-30-9-7-19(8-10-30)32-24-21(12-26)27-14-22-23(24)20-11-18(13-28-25(20)29-22)17-5-3-16(15-31)4-6-17;1-12(2)24-8-5-13(6-9-24)25-18-15(10-20)22-11-16-17(18)14-4-3-7-21-19(14)23-16;1-2-22-7-5-11(10-22)23-16-13(8-18)20-9-14-15(16)12-4-3-6-19-17(12)21-14/h3-6,11,13-14,19,31H,2,7-10,15H2,1H3,(H,28,29);3-4,7,11-13H,5-6,8-9H2,1-2H3,(H,21,23);3-4,6,9,11H,2,5,7,10H2,1H3,(H,19,21). The van der Waals surface area contributed by atoms with Gasteiger partial charge in [0, 0.05) is 85.6 Å². The van der Waals surface area contributed by atoms with Crippen molar-refractivity contribution in [3.8, 4) is 46.6 Å². The second kappa shape index (κ2) is 23.7. The SMILES string of the molecule is CC(C)N1CCC(Oc2c(C#N)ncc3[nH]c4ncccc4c23)CC1.CCN1CCC(Oc2c(C#N)ncc3[nH]c4ncc(-c5ccc(CO)cc5)cc4c23)CC1.CCN1CCC(Oc2c(C#N)ncc3[nH]c4ncccc4c23)C1. The molecule has 3 fully saturated rings. The number of fused-ring (bicyclic) bond motifs is 9. The number of ether oxygens (including phenoxy) is 3. The van der Waals surface area contributed by atoms with Gasteiger partial charge in [-0.2, -0.15) is 15.8 Å². The fourth-order valence-electron chi connectivity index (χ4n) is 11.2. The molecule has 0 radical (unpaired) electrons. The van der Waals surface area contributed by atoms with E-state index < -0.39 is 0 Å². The third-order valence-corrected chi connectivity index (χ3v) is 15.7. The van der Waals surface area contributed by atoms with E-state index in [4.69, 9.17) is 14.2 Å². The second-order valence-electron chi connectivity index (χ2n) is 20.8. The largest absolute Gasteiger partial charge is 0.487 e. The molecular formula is C61H63N15O4. The average Bonchev–Trinajstić information content (AvgIpc) is 4.31. The van der Waals surface area contributed by atoms with Gasteiger partial charge in [0.05, 0.1) is 57.9 Å². The number of nitrogens with one attached hydrogen (secondary N) is 3. The number of aliphatic hydroxyl groups is 1. The molecule has 19 heteroatoms. The van der Waals surface area contributed by atoms with Crippen molar-refractivity contribution in [1.29, 1.82) is 15.8 Å². The Morgan fingerprint density at radius 2 is 1.00 bits per heavy atom. The van der Waals surface area contributed by atoms with Crippen LogP contribution in [0.4, 0.5) is 0 Å². The molecule has 0 bridgehead atoms. The van der Waals surface area contributed by atoms with Crippen LogP contribution in [0.2, 0.25) is 0 Å². The topological polar surface area (TPSA) is 254 Å². The van der Waals surface area contributed by atoms with Gasteiger partial charge in [-0.3, -0.25) is 4.90 Å². The Balaban J connectivity index is 0.000000129. The lowest BCUT2D eigenvalue weighted by atomic mass is 10.0. The van der Waals surface area contributed by atoms with Gasteiger partial charge in [0.2, 0.25) is 0 Å². The highest BCUT2D eigenvalue weighted by molar-refractivity contribution is 6.12. The summed E-state index contributed by atoms with van der Waals surface area (Å²) in [6, 6.07) is 24.7. The number of rotatable bonds is 11. The number of aromatic nitrogens is 9. The lowest BCUT2D eigenvalue weighted by Gasteiger charge is -2.34. The van der Waals surface area contributed by atoms with E-state index in [-0.39, 0.29) is 24.9 Å². The molecule has 406 valence electrons. The average molecular weight is 1070 g/mol. The van der Waals surface area contributed by atoms with E-state index in [2.05, 4.69) is 112 Å². The molecule has 1 atom stereocenters. The maximum Gasteiger partial charge on any atom is 0.183 e. The number of nitriles is 3.